The SMILES string of the molecule is CCC(C)Oc1cccc(Nc2ccc(C#N)cc2F)c1. The van der Waals surface area contributed by atoms with E-state index < -0.39 is 5.82 Å². The Morgan fingerprint density at radius 2 is 2.10 bits per heavy atom. The quantitative estimate of drug-likeness (QED) is 0.871. The summed E-state index contributed by atoms with van der Waals surface area (Å²) in [5.74, 6) is 0.283. The van der Waals surface area contributed by atoms with E-state index in [0.29, 0.717) is 11.3 Å². The lowest BCUT2D eigenvalue weighted by Gasteiger charge is -2.14. The van der Waals surface area contributed by atoms with Crippen LogP contribution in [0.1, 0.15) is 25.8 Å². The van der Waals surface area contributed by atoms with Gasteiger partial charge in [0.15, 0.2) is 0 Å². The van der Waals surface area contributed by atoms with E-state index in [2.05, 4.69) is 12.2 Å². The second kappa shape index (κ2) is 6.76. The maximum atomic E-state index is 13.8. The molecular weight excluding hydrogens is 267 g/mol. The Bertz CT molecular complexity index is 664. The third-order valence-corrected chi connectivity index (χ3v) is 3.12. The fraction of sp³-hybridized carbons (Fsp3) is 0.235. The van der Waals surface area contributed by atoms with Crippen LogP contribution in [0.2, 0.25) is 0 Å². The molecule has 0 amide bonds. The van der Waals surface area contributed by atoms with Crippen molar-refractivity contribution in [2.45, 2.75) is 26.4 Å². The Labute approximate surface area is 124 Å². The van der Waals surface area contributed by atoms with E-state index in [1.165, 1.54) is 6.07 Å². The van der Waals surface area contributed by atoms with Crippen molar-refractivity contribution in [3.05, 3.63) is 53.8 Å². The normalized spacial score (nSPS) is 11.5. The first-order chi connectivity index (χ1) is 10.1. The average Bonchev–Trinajstić information content (AvgIpc) is 2.49. The van der Waals surface area contributed by atoms with Crippen LogP contribution in [0.5, 0.6) is 5.75 Å². The van der Waals surface area contributed by atoms with Gasteiger partial charge in [-0.25, -0.2) is 4.39 Å². The summed E-state index contributed by atoms with van der Waals surface area (Å²) in [5.41, 5.74) is 1.36. The van der Waals surface area contributed by atoms with E-state index in [4.69, 9.17) is 10.00 Å². The van der Waals surface area contributed by atoms with Crippen molar-refractivity contribution in [2.75, 3.05) is 5.32 Å². The summed E-state index contributed by atoms with van der Waals surface area (Å²) in [4.78, 5) is 0. The number of anilines is 2. The second-order valence-corrected chi connectivity index (χ2v) is 4.80. The summed E-state index contributed by atoms with van der Waals surface area (Å²) in [7, 11) is 0. The van der Waals surface area contributed by atoms with Gasteiger partial charge in [-0.1, -0.05) is 13.0 Å². The number of hydrogen-bond acceptors (Lipinski definition) is 3. The monoisotopic (exact) mass is 284 g/mol. The molecule has 0 aromatic heterocycles. The van der Waals surface area contributed by atoms with Crippen LogP contribution in [0, 0.1) is 17.1 Å². The summed E-state index contributed by atoms with van der Waals surface area (Å²) in [6.45, 7) is 4.05. The van der Waals surface area contributed by atoms with E-state index in [1.807, 2.05) is 37.3 Å². The van der Waals surface area contributed by atoms with Crippen molar-refractivity contribution in [1.82, 2.24) is 0 Å². The number of nitriles is 1. The number of ether oxygens (including phenoxy) is 1. The summed E-state index contributed by atoms with van der Waals surface area (Å²) in [5, 5.41) is 11.7. The van der Waals surface area contributed by atoms with Crippen molar-refractivity contribution in [2.24, 2.45) is 0 Å². The van der Waals surface area contributed by atoms with E-state index in [9.17, 15) is 4.39 Å². The smallest absolute Gasteiger partial charge is 0.147 e. The van der Waals surface area contributed by atoms with Gasteiger partial charge in [-0.05, 0) is 43.7 Å². The lowest BCUT2D eigenvalue weighted by atomic mass is 10.2. The van der Waals surface area contributed by atoms with Crippen LogP contribution in [-0.4, -0.2) is 6.10 Å². The fourth-order valence-corrected chi connectivity index (χ4v) is 1.80. The van der Waals surface area contributed by atoms with Crippen molar-refractivity contribution in [3.8, 4) is 11.8 Å². The highest BCUT2D eigenvalue weighted by molar-refractivity contribution is 5.62. The molecule has 0 fully saturated rings. The molecule has 0 aliphatic rings. The van der Waals surface area contributed by atoms with Gasteiger partial charge < -0.3 is 10.1 Å². The minimum Gasteiger partial charge on any atom is -0.491 e. The fourth-order valence-electron chi connectivity index (χ4n) is 1.80. The van der Waals surface area contributed by atoms with Gasteiger partial charge >= 0.3 is 0 Å². The zero-order valence-electron chi connectivity index (χ0n) is 12.1. The Kier molecular flexibility index (Phi) is 4.78. The number of nitrogens with zero attached hydrogens (tertiary/aromatic N) is 1. The van der Waals surface area contributed by atoms with Gasteiger partial charge in [-0.2, -0.15) is 5.26 Å². The first kappa shape index (κ1) is 14.9. The third-order valence-electron chi connectivity index (χ3n) is 3.12. The first-order valence-corrected chi connectivity index (χ1v) is 6.85. The van der Waals surface area contributed by atoms with Gasteiger partial charge in [-0.15, -0.1) is 0 Å². The number of benzene rings is 2. The lowest BCUT2D eigenvalue weighted by Crippen LogP contribution is -2.09. The van der Waals surface area contributed by atoms with Crippen molar-refractivity contribution < 1.29 is 9.13 Å². The molecule has 1 unspecified atom stereocenters. The van der Waals surface area contributed by atoms with E-state index in [1.54, 1.807) is 12.1 Å². The molecule has 0 heterocycles. The summed E-state index contributed by atoms with van der Waals surface area (Å²) in [6.07, 6.45) is 1.05. The van der Waals surface area contributed by atoms with Gasteiger partial charge in [0.05, 0.1) is 23.4 Å². The van der Waals surface area contributed by atoms with Crippen molar-refractivity contribution in [3.63, 3.8) is 0 Å². The molecule has 4 heteroatoms. The van der Waals surface area contributed by atoms with Crippen molar-refractivity contribution in [1.29, 1.82) is 5.26 Å². The highest BCUT2D eigenvalue weighted by atomic mass is 19.1. The van der Waals surface area contributed by atoms with Gasteiger partial charge in [0, 0.05) is 11.8 Å². The van der Waals surface area contributed by atoms with E-state index >= 15 is 0 Å². The highest BCUT2D eigenvalue weighted by Crippen LogP contribution is 2.24. The second-order valence-electron chi connectivity index (χ2n) is 4.80. The summed E-state index contributed by atoms with van der Waals surface area (Å²) in [6, 6.07) is 13.6. The minimum atomic E-state index is -0.456. The zero-order chi connectivity index (χ0) is 15.2. The maximum absolute atomic E-state index is 13.8. The van der Waals surface area contributed by atoms with Gasteiger partial charge in [-0.3, -0.25) is 0 Å². The van der Waals surface area contributed by atoms with Crippen molar-refractivity contribution >= 4 is 11.4 Å². The number of rotatable bonds is 5. The molecule has 0 saturated heterocycles. The molecule has 0 saturated carbocycles. The molecule has 0 spiro atoms. The van der Waals surface area contributed by atoms with Crippen LogP contribution in [0.25, 0.3) is 0 Å². The topological polar surface area (TPSA) is 45.0 Å². The molecule has 0 bridgehead atoms. The van der Waals surface area contributed by atoms with Crippen LogP contribution < -0.4 is 10.1 Å². The standard InChI is InChI=1S/C17H17FN2O/c1-3-12(2)21-15-6-4-5-14(10-15)20-17-8-7-13(11-19)9-16(17)18/h4-10,12,20H,3H2,1-2H3. The molecule has 1 atom stereocenters. The molecule has 1 N–H and O–H groups in total. The molecule has 0 aliphatic heterocycles. The minimum absolute atomic E-state index is 0.131. The Balaban J connectivity index is 2.16. The van der Waals surface area contributed by atoms with Gasteiger partial charge in [0.1, 0.15) is 11.6 Å². The van der Waals surface area contributed by atoms with Crippen LogP contribution in [0.15, 0.2) is 42.5 Å². The molecule has 0 radical (unpaired) electrons. The van der Waals surface area contributed by atoms with Crippen LogP contribution >= 0.6 is 0 Å². The summed E-state index contributed by atoms with van der Waals surface area (Å²) >= 11 is 0. The Morgan fingerprint density at radius 3 is 2.76 bits per heavy atom. The Morgan fingerprint density at radius 1 is 1.29 bits per heavy atom. The maximum Gasteiger partial charge on any atom is 0.147 e. The largest absolute Gasteiger partial charge is 0.491 e. The lowest BCUT2D eigenvalue weighted by molar-refractivity contribution is 0.217. The predicted molar refractivity (Wildman–Crippen MR) is 81.2 cm³/mol. The molecule has 3 nitrogen and oxygen atoms in total. The van der Waals surface area contributed by atoms with Crippen LogP contribution in [0.4, 0.5) is 15.8 Å². The Hall–Kier alpha value is -2.54. The zero-order valence-corrected chi connectivity index (χ0v) is 12.1. The number of halogens is 1. The third kappa shape index (κ3) is 3.96. The number of hydrogen-bond donors (Lipinski definition) is 1. The average molecular weight is 284 g/mol. The molecular formula is C17H17FN2O. The predicted octanol–water partition coefficient (Wildman–Crippen LogP) is 4.62. The van der Waals surface area contributed by atoms with Crippen LogP contribution in [0.3, 0.4) is 0 Å². The van der Waals surface area contributed by atoms with Gasteiger partial charge in [0.25, 0.3) is 0 Å². The van der Waals surface area contributed by atoms with E-state index in [-0.39, 0.29) is 6.10 Å². The molecule has 0 aliphatic carbocycles. The molecule has 108 valence electrons. The molecule has 2 rings (SSSR count). The van der Waals surface area contributed by atoms with Gasteiger partial charge in [0.2, 0.25) is 0 Å². The summed E-state index contributed by atoms with van der Waals surface area (Å²) < 4.78 is 19.6. The molecule has 2 aromatic carbocycles. The number of nitrogens with one attached hydrogen (secondary N) is 1. The molecule has 21 heavy (non-hydrogen) atoms. The highest BCUT2D eigenvalue weighted by Gasteiger charge is 2.06. The van der Waals surface area contributed by atoms with E-state index in [0.717, 1.165) is 17.9 Å². The van der Waals surface area contributed by atoms with Crippen LogP contribution in [-0.2, 0) is 0 Å². The molecule has 2 aromatic rings. The first-order valence-electron chi connectivity index (χ1n) is 6.85.